The highest BCUT2D eigenvalue weighted by Gasteiger charge is 2.36. The first-order chi connectivity index (χ1) is 16.1. The Kier molecular flexibility index (Phi) is 6.84. The second-order valence-corrected chi connectivity index (χ2v) is 9.32. The van der Waals surface area contributed by atoms with Gasteiger partial charge in [0.2, 0.25) is 0 Å². The zero-order chi connectivity index (χ0) is 24.5. The number of carbonyl (C=O) groups is 1. The molecule has 4 rings (SSSR count). The summed E-state index contributed by atoms with van der Waals surface area (Å²) in [7, 11) is 0. The van der Waals surface area contributed by atoms with Crippen LogP contribution in [0.1, 0.15) is 36.5 Å². The third-order valence-corrected chi connectivity index (χ3v) is 6.61. The van der Waals surface area contributed by atoms with Gasteiger partial charge in [-0.3, -0.25) is 15.2 Å². The van der Waals surface area contributed by atoms with Crippen molar-refractivity contribution < 1.29 is 18.0 Å². The van der Waals surface area contributed by atoms with Gasteiger partial charge in [-0.15, -0.1) is 0 Å². The van der Waals surface area contributed by atoms with E-state index in [0.717, 1.165) is 37.7 Å². The summed E-state index contributed by atoms with van der Waals surface area (Å²) in [6.45, 7) is 5.30. The molecule has 2 fully saturated rings. The van der Waals surface area contributed by atoms with E-state index in [2.05, 4.69) is 11.8 Å². The number of carbonyl (C=O) groups excluding carboxylic acids is 1. The molecule has 1 unspecified atom stereocenters. The second-order valence-electron chi connectivity index (χ2n) is 9.32. The Bertz CT molecular complexity index is 1050. The smallest absolute Gasteiger partial charge is 0.384 e. The number of nitrogens with zero attached hydrogens (tertiary/aromatic N) is 3. The minimum absolute atomic E-state index is 0.0376. The van der Waals surface area contributed by atoms with Crippen LogP contribution < -0.4 is 10.6 Å². The highest BCUT2D eigenvalue weighted by molar-refractivity contribution is 5.98. The molecule has 3 N–H and O–H groups in total. The van der Waals surface area contributed by atoms with Crippen molar-refractivity contribution >= 4 is 17.6 Å². The van der Waals surface area contributed by atoms with E-state index in [1.807, 2.05) is 11.0 Å². The first kappa shape index (κ1) is 24.1. The van der Waals surface area contributed by atoms with Crippen molar-refractivity contribution in [1.82, 2.24) is 9.80 Å². The average molecular weight is 474 g/mol. The third kappa shape index (κ3) is 5.35. The monoisotopic (exact) mass is 473 g/mol. The molecule has 2 saturated heterocycles. The molecule has 1 atom stereocenters. The van der Waals surface area contributed by atoms with E-state index in [0.29, 0.717) is 30.8 Å². The molecular weight excluding hydrogens is 443 g/mol. The molecule has 0 aliphatic carbocycles. The molecule has 0 saturated carbocycles. The fourth-order valence-corrected chi connectivity index (χ4v) is 4.87. The van der Waals surface area contributed by atoms with Crippen molar-refractivity contribution in [2.24, 2.45) is 11.7 Å². The lowest BCUT2D eigenvalue weighted by molar-refractivity contribution is -0.137. The van der Waals surface area contributed by atoms with Gasteiger partial charge in [0.1, 0.15) is 5.84 Å². The third-order valence-electron chi connectivity index (χ3n) is 6.61. The maximum atomic E-state index is 13.4. The SMILES string of the molecule is CC1CN(c2cccc(C(=N)N)c2)C(=O)N(C2CCN(Cc3cccc(C(F)(F)F)c3)CC2)C1. The number of urea groups is 1. The van der Waals surface area contributed by atoms with E-state index in [9.17, 15) is 18.0 Å². The lowest BCUT2D eigenvalue weighted by Gasteiger charge is -2.45. The van der Waals surface area contributed by atoms with E-state index >= 15 is 0 Å². The Labute approximate surface area is 197 Å². The summed E-state index contributed by atoms with van der Waals surface area (Å²) in [5.74, 6) is 0.242. The average Bonchev–Trinajstić information content (AvgIpc) is 2.80. The van der Waals surface area contributed by atoms with Crippen LogP contribution in [0.3, 0.4) is 0 Å². The van der Waals surface area contributed by atoms with E-state index in [4.69, 9.17) is 11.1 Å². The van der Waals surface area contributed by atoms with Gasteiger partial charge in [0.25, 0.3) is 0 Å². The summed E-state index contributed by atoms with van der Waals surface area (Å²) in [6.07, 6.45) is -2.79. The minimum Gasteiger partial charge on any atom is -0.384 e. The second kappa shape index (κ2) is 9.66. The van der Waals surface area contributed by atoms with Crippen LogP contribution in [0.25, 0.3) is 0 Å². The summed E-state index contributed by atoms with van der Waals surface area (Å²) in [4.78, 5) is 19.3. The molecule has 0 spiro atoms. The molecule has 34 heavy (non-hydrogen) atoms. The molecule has 0 radical (unpaired) electrons. The number of likely N-dealkylation sites (tertiary alicyclic amines) is 1. The van der Waals surface area contributed by atoms with E-state index in [1.165, 1.54) is 12.1 Å². The van der Waals surface area contributed by atoms with Crippen LogP contribution in [0.4, 0.5) is 23.7 Å². The molecule has 6 nitrogen and oxygen atoms in total. The van der Waals surface area contributed by atoms with Gasteiger partial charge < -0.3 is 10.6 Å². The molecule has 9 heteroatoms. The highest BCUT2D eigenvalue weighted by Crippen LogP contribution is 2.31. The molecule has 2 aliphatic rings. The largest absolute Gasteiger partial charge is 0.416 e. The van der Waals surface area contributed by atoms with Crippen LogP contribution in [0.15, 0.2) is 48.5 Å². The zero-order valence-electron chi connectivity index (χ0n) is 19.2. The molecule has 2 heterocycles. The summed E-state index contributed by atoms with van der Waals surface area (Å²) in [6, 6.07) is 12.7. The fraction of sp³-hybridized carbons (Fsp3) is 0.440. The predicted molar refractivity (Wildman–Crippen MR) is 126 cm³/mol. The van der Waals surface area contributed by atoms with Gasteiger partial charge in [-0.05, 0) is 42.5 Å². The number of anilines is 1. The standard InChI is InChI=1S/C25H30F3N5O/c1-17-14-32(24(34)33(15-17)22-7-3-5-19(13-22)23(29)30)21-8-10-31(11-9-21)16-18-4-2-6-20(12-18)25(26,27)28/h2-7,12-13,17,21H,8-11,14-16H2,1H3,(H3,29,30). The van der Waals surface area contributed by atoms with Gasteiger partial charge in [-0.25, -0.2) is 4.79 Å². The van der Waals surface area contributed by atoms with Crippen LogP contribution in [0.2, 0.25) is 0 Å². The zero-order valence-corrected chi connectivity index (χ0v) is 19.2. The van der Waals surface area contributed by atoms with E-state index in [1.54, 1.807) is 29.2 Å². The number of hydrogen-bond donors (Lipinski definition) is 2. The molecule has 0 bridgehead atoms. The number of nitrogens with one attached hydrogen (secondary N) is 1. The van der Waals surface area contributed by atoms with Crippen LogP contribution in [0, 0.1) is 11.3 Å². The highest BCUT2D eigenvalue weighted by atomic mass is 19.4. The van der Waals surface area contributed by atoms with Crippen LogP contribution in [-0.2, 0) is 12.7 Å². The summed E-state index contributed by atoms with van der Waals surface area (Å²) >= 11 is 0. The predicted octanol–water partition coefficient (Wildman–Crippen LogP) is 4.53. The topological polar surface area (TPSA) is 76.7 Å². The fourth-order valence-electron chi connectivity index (χ4n) is 4.87. The summed E-state index contributed by atoms with van der Waals surface area (Å²) < 4.78 is 39.0. The number of halogens is 3. The Balaban J connectivity index is 1.40. The van der Waals surface area contributed by atoms with E-state index in [-0.39, 0.29) is 23.8 Å². The number of alkyl halides is 3. The van der Waals surface area contributed by atoms with Crippen molar-refractivity contribution in [1.29, 1.82) is 5.41 Å². The number of nitrogen functional groups attached to an aromatic ring is 1. The first-order valence-electron chi connectivity index (χ1n) is 11.5. The maximum absolute atomic E-state index is 13.4. The Hall–Kier alpha value is -3.07. The van der Waals surface area contributed by atoms with Crippen LogP contribution >= 0.6 is 0 Å². The van der Waals surface area contributed by atoms with Gasteiger partial charge in [0, 0.05) is 50.0 Å². The molecular formula is C25H30F3N5O. The van der Waals surface area contributed by atoms with Crippen molar-refractivity contribution in [3.8, 4) is 0 Å². The van der Waals surface area contributed by atoms with Gasteiger partial charge in [0.15, 0.2) is 0 Å². The number of amidine groups is 1. The number of piperidine rings is 1. The quantitative estimate of drug-likeness (QED) is 0.495. The Morgan fingerprint density at radius 2 is 1.79 bits per heavy atom. The number of nitrogens with two attached hydrogens (primary N) is 1. The van der Waals surface area contributed by atoms with Gasteiger partial charge in [-0.2, -0.15) is 13.2 Å². The van der Waals surface area contributed by atoms with Gasteiger partial charge in [0.05, 0.1) is 5.56 Å². The van der Waals surface area contributed by atoms with Gasteiger partial charge >= 0.3 is 12.2 Å². The van der Waals surface area contributed by atoms with E-state index < -0.39 is 11.7 Å². The number of benzene rings is 2. The van der Waals surface area contributed by atoms with Gasteiger partial charge in [-0.1, -0.05) is 37.3 Å². The summed E-state index contributed by atoms with van der Waals surface area (Å²) in [5.41, 5.74) is 6.96. The normalized spacial score (nSPS) is 20.6. The van der Waals surface area contributed by atoms with Crippen molar-refractivity contribution in [3.63, 3.8) is 0 Å². The Morgan fingerprint density at radius 1 is 1.09 bits per heavy atom. The molecule has 2 amide bonds. The molecule has 0 aromatic heterocycles. The Morgan fingerprint density at radius 3 is 2.47 bits per heavy atom. The minimum atomic E-state index is -4.34. The summed E-state index contributed by atoms with van der Waals surface area (Å²) in [5, 5.41) is 7.68. The first-order valence-corrected chi connectivity index (χ1v) is 11.5. The molecule has 2 aliphatic heterocycles. The van der Waals surface area contributed by atoms with Crippen molar-refractivity contribution in [2.75, 3.05) is 31.1 Å². The van der Waals surface area contributed by atoms with Crippen molar-refractivity contribution in [3.05, 3.63) is 65.2 Å². The molecule has 2 aromatic carbocycles. The number of hydrogen-bond acceptors (Lipinski definition) is 3. The lowest BCUT2D eigenvalue weighted by Crippen LogP contribution is -2.58. The lowest BCUT2D eigenvalue weighted by atomic mass is 9.98. The number of rotatable bonds is 5. The van der Waals surface area contributed by atoms with Crippen LogP contribution in [-0.4, -0.2) is 53.9 Å². The maximum Gasteiger partial charge on any atom is 0.416 e. The van der Waals surface area contributed by atoms with Crippen molar-refractivity contribution in [2.45, 2.75) is 38.5 Å². The number of amides is 2. The molecule has 2 aromatic rings. The molecule has 182 valence electrons. The van der Waals surface area contributed by atoms with Crippen LogP contribution in [0.5, 0.6) is 0 Å².